The van der Waals surface area contributed by atoms with Gasteiger partial charge in [0.15, 0.2) is 0 Å². The van der Waals surface area contributed by atoms with Gasteiger partial charge in [-0.15, -0.1) is 11.6 Å². The van der Waals surface area contributed by atoms with E-state index in [0.29, 0.717) is 24.6 Å². The number of rotatable bonds is 8. The molecule has 20 heavy (non-hydrogen) atoms. The van der Waals surface area contributed by atoms with Crippen molar-refractivity contribution in [2.24, 2.45) is 0 Å². The van der Waals surface area contributed by atoms with Gasteiger partial charge in [-0.05, 0) is 25.2 Å². The highest BCUT2D eigenvalue weighted by molar-refractivity contribution is 6.21. The molecule has 6 heteroatoms. The van der Waals surface area contributed by atoms with E-state index in [1.807, 2.05) is 18.0 Å². The van der Waals surface area contributed by atoms with E-state index in [2.05, 4.69) is 0 Å². The Balaban J connectivity index is 2.74. The Labute approximate surface area is 124 Å². The summed E-state index contributed by atoms with van der Waals surface area (Å²) in [5, 5.41) is 8.36. The van der Waals surface area contributed by atoms with E-state index >= 15 is 0 Å². The average Bonchev–Trinajstić information content (AvgIpc) is 2.44. The minimum absolute atomic E-state index is 0.0926. The zero-order valence-electron chi connectivity index (χ0n) is 11.9. The van der Waals surface area contributed by atoms with Crippen LogP contribution in [0.2, 0.25) is 0 Å². The van der Waals surface area contributed by atoms with Gasteiger partial charge >= 0.3 is 5.97 Å². The molecule has 0 aliphatic rings. The predicted molar refractivity (Wildman–Crippen MR) is 77.9 cm³/mol. The molecule has 1 unspecified atom stereocenters. The first-order valence-corrected chi connectivity index (χ1v) is 6.68. The van der Waals surface area contributed by atoms with Crippen molar-refractivity contribution in [3.05, 3.63) is 23.8 Å². The monoisotopic (exact) mass is 301 g/mol. The second-order valence-corrected chi connectivity index (χ2v) is 5.01. The molecule has 0 radical (unpaired) electrons. The second kappa shape index (κ2) is 7.97. The van der Waals surface area contributed by atoms with Gasteiger partial charge in [-0.25, -0.2) is 0 Å². The topological polar surface area (TPSA) is 59.0 Å². The molecule has 0 saturated heterocycles. The Bertz CT molecular complexity index is 453. The smallest absolute Gasteiger partial charge is 0.304 e. The molecule has 0 heterocycles. The molecule has 0 bridgehead atoms. The summed E-state index contributed by atoms with van der Waals surface area (Å²) in [5.41, 5.74) is 0.829. The van der Waals surface area contributed by atoms with Crippen LogP contribution in [-0.2, 0) is 4.79 Å². The minimum atomic E-state index is -0.818. The van der Waals surface area contributed by atoms with Crippen LogP contribution in [0.3, 0.4) is 0 Å². The number of hydrogen-bond acceptors (Lipinski definition) is 4. The van der Waals surface area contributed by atoms with Gasteiger partial charge in [-0.3, -0.25) is 4.79 Å². The number of aliphatic carboxylic acids is 1. The lowest BCUT2D eigenvalue weighted by Gasteiger charge is -2.21. The zero-order chi connectivity index (χ0) is 15.1. The van der Waals surface area contributed by atoms with Crippen molar-refractivity contribution in [3.8, 4) is 11.5 Å². The van der Waals surface area contributed by atoms with E-state index < -0.39 is 5.97 Å². The molecule has 0 aliphatic heterocycles. The van der Waals surface area contributed by atoms with Gasteiger partial charge in [-0.2, -0.15) is 0 Å². The van der Waals surface area contributed by atoms with E-state index in [0.717, 1.165) is 5.56 Å². The van der Waals surface area contributed by atoms with E-state index in [9.17, 15) is 4.79 Å². The number of nitrogens with zero attached hydrogens (tertiary/aromatic N) is 1. The van der Waals surface area contributed by atoms with Crippen LogP contribution in [0.25, 0.3) is 0 Å². The number of benzene rings is 1. The quantitative estimate of drug-likeness (QED) is 0.747. The van der Waals surface area contributed by atoms with Gasteiger partial charge in [0, 0.05) is 18.7 Å². The normalized spacial score (nSPS) is 12.2. The predicted octanol–water partition coefficient (Wildman–Crippen LogP) is 2.39. The molecule has 0 aliphatic carbocycles. The van der Waals surface area contributed by atoms with Crippen molar-refractivity contribution in [1.82, 2.24) is 4.90 Å². The van der Waals surface area contributed by atoms with Crippen molar-refractivity contribution in [1.29, 1.82) is 0 Å². The minimum Gasteiger partial charge on any atom is -0.497 e. The molecule has 1 atom stereocenters. The lowest BCUT2D eigenvalue weighted by atomic mass is 10.1. The van der Waals surface area contributed by atoms with Crippen LogP contribution in [0.1, 0.15) is 17.4 Å². The Morgan fingerprint density at radius 3 is 2.65 bits per heavy atom. The molecule has 1 N–H and O–H groups in total. The Morgan fingerprint density at radius 1 is 1.40 bits per heavy atom. The maximum atomic E-state index is 10.5. The summed E-state index contributed by atoms with van der Waals surface area (Å²) in [4.78, 5) is 12.4. The largest absolute Gasteiger partial charge is 0.497 e. The highest BCUT2D eigenvalue weighted by Crippen LogP contribution is 2.33. The summed E-state index contributed by atoms with van der Waals surface area (Å²) in [6.45, 7) is 0.975. The Morgan fingerprint density at radius 2 is 2.10 bits per heavy atom. The zero-order valence-corrected chi connectivity index (χ0v) is 12.7. The highest BCUT2D eigenvalue weighted by atomic mass is 35.5. The summed E-state index contributed by atoms with van der Waals surface area (Å²) in [6, 6.07) is 5.45. The molecule has 0 fully saturated rings. The molecule has 5 nitrogen and oxygen atoms in total. The van der Waals surface area contributed by atoms with Crippen molar-refractivity contribution in [2.45, 2.75) is 11.8 Å². The third-order valence-electron chi connectivity index (χ3n) is 2.95. The summed E-state index contributed by atoms with van der Waals surface area (Å²) in [7, 11) is 5.02. The molecule has 0 spiro atoms. The summed E-state index contributed by atoms with van der Waals surface area (Å²) < 4.78 is 10.5. The Kier molecular flexibility index (Phi) is 6.61. The van der Waals surface area contributed by atoms with Crippen LogP contribution < -0.4 is 9.47 Å². The number of ether oxygens (including phenoxy) is 2. The average molecular weight is 302 g/mol. The van der Waals surface area contributed by atoms with Crippen molar-refractivity contribution < 1.29 is 19.4 Å². The van der Waals surface area contributed by atoms with Crippen LogP contribution in [0.5, 0.6) is 11.5 Å². The molecular formula is C14H20ClNO4. The van der Waals surface area contributed by atoms with Gasteiger partial charge in [0.05, 0.1) is 26.0 Å². The van der Waals surface area contributed by atoms with Gasteiger partial charge in [0.25, 0.3) is 0 Å². The first-order valence-electron chi connectivity index (χ1n) is 6.24. The highest BCUT2D eigenvalue weighted by Gasteiger charge is 2.17. The molecule has 1 aromatic carbocycles. The van der Waals surface area contributed by atoms with E-state index in [1.165, 1.54) is 0 Å². The van der Waals surface area contributed by atoms with Crippen LogP contribution in [0, 0.1) is 0 Å². The second-order valence-electron chi connectivity index (χ2n) is 4.48. The molecule has 0 saturated carbocycles. The molecule has 1 rings (SSSR count). The summed E-state index contributed by atoms with van der Waals surface area (Å²) >= 11 is 6.40. The molecule has 112 valence electrons. The Hall–Kier alpha value is -1.46. The number of halogens is 1. The van der Waals surface area contributed by atoms with Gasteiger partial charge in [0.1, 0.15) is 11.5 Å². The van der Waals surface area contributed by atoms with Crippen LogP contribution in [0.4, 0.5) is 0 Å². The number of carbonyl (C=O) groups is 1. The third kappa shape index (κ3) is 4.90. The number of carboxylic acid groups (broad SMARTS) is 1. The molecule has 1 aromatic rings. The van der Waals surface area contributed by atoms with Crippen LogP contribution in [0.15, 0.2) is 18.2 Å². The number of methoxy groups -OCH3 is 2. The fourth-order valence-electron chi connectivity index (χ4n) is 1.83. The lowest BCUT2D eigenvalue weighted by Crippen LogP contribution is -2.25. The molecule has 0 aromatic heterocycles. The fourth-order valence-corrected chi connectivity index (χ4v) is 2.24. The number of likely N-dealkylation sites (N-methyl/N-ethyl adjacent to an activating group) is 1. The number of carboxylic acids is 1. The summed E-state index contributed by atoms with van der Waals surface area (Å²) in [5.74, 6) is 0.582. The number of alkyl halides is 1. The van der Waals surface area contributed by atoms with Crippen molar-refractivity contribution >= 4 is 17.6 Å². The fraction of sp³-hybridized carbons (Fsp3) is 0.500. The first-order chi connectivity index (χ1) is 9.47. The van der Waals surface area contributed by atoms with Crippen LogP contribution in [-0.4, -0.2) is 50.3 Å². The SMILES string of the molecule is COc1ccc(OC)c(C(Cl)CN(C)CCC(=O)O)c1. The van der Waals surface area contributed by atoms with Crippen LogP contribution >= 0.6 is 11.6 Å². The van der Waals surface area contributed by atoms with Gasteiger partial charge < -0.3 is 19.5 Å². The van der Waals surface area contributed by atoms with E-state index in [1.54, 1.807) is 26.4 Å². The van der Waals surface area contributed by atoms with Crippen molar-refractivity contribution in [2.75, 3.05) is 34.4 Å². The van der Waals surface area contributed by atoms with E-state index in [4.69, 9.17) is 26.2 Å². The first kappa shape index (κ1) is 16.6. The lowest BCUT2D eigenvalue weighted by molar-refractivity contribution is -0.137. The van der Waals surface area contributed by atoms with Gasteiger partial charge in [-0.1, -0.05) is 0 Å². The third-order valence-corrected chi connectivity index (χ3v) is 3.33. The van der Waals surface area contributed by atoms with Gasteiger partial charge in [0.2, 0.25) is 0 Å². The maximum Gasteiger partial charge on any atom is 0.304 e. The summed E-state index contributed by atoms with van der Waals surface area (Å²) in [6.07, 6.45) is 0.0926. The molecular weight excluding hydrogens is 282 g/mol. The van der Waals surface area contributed by atoms with Crippen molar-refractivity contribution in [3.63, 3.8) is 0 Å². The standard InChI is InChI=1S/C14H20ClNO4/c1-16(7-6-14(17)18)9-12(15)11-8-10(19-2)4-5-13(11)20-3/h4-5,8,12H,6-7,9H2,1-3H3,(H,17,18). The number of hydrogen-bond donors (Lipinski definition) is 1. The maximum absolute atomic E-state index is 10.5. The van der Waals surface area contributed by atoms with E-state index in [-0.39, 0.29) is 11.8 Å². The molecule has 0 amide bonds.